The molecule has 0 unspecified atom stereocenters. The van der Waals surface area contributed by atoms with E-state index in [1.165, 1.54) is 5.56 Å². The second kappa shape index (κ2) is 8.06. The Bertz CT molecular complexity index is 570. The highest BCUT2D eigenvalue weighted by atomic mass is 32.2. The SMILES string of the molecule is CC(=O)N1CCC(C(=O)N2CCS[C@@H](c3ccccc3)CC2)CC1. The summed E-state index contributed by atoms with van der Waals surface area (Å²) in [5.74, 6) is 1.52. The number of hydrogen-bond donors (Lipinski definition) is 0. The number of thioether (sulfide) groups is 1. The largest absolute Gasteiger partial charge is 0.343 e. The molecule has 0 saturated carbocycles. The number of carbonyl (C=O) groups is 2. The fourth-order valence-electron chi connectivity index (χ4n) is 3.62. The molecule has 0 spiro atoms. The molecule has 0 N–H and O–H groups in total. The normalized spacial score (nSPS) is 23.0. The monoisotopic (exact) mass is 346 g/mol. The van der Waals surface area contributed by atoms with Crippen LogP contribution in [-0.4, -0.2) is 53.5 Å². The van der Waals surface area contributed by atoms with E-state index in [1.54, 1.807) is 6.92 Å². The highest BCUT2D eigenvalue weighted by molar-refractivity contribution is 7.99. The van der Waals surface area contributed by atoms with Crippen molar-refractivity contribution in [2.75, 3.05) is 31.9 Å². The van der Waals surface area contributed by atoms with Crippen molar-refractivity contribution >= 4 is 23.6 Å². The van der Waals surface area contributed by atoms with Crippen LogP contribution in [0, 0.1) is 5.92 Å². The summed E-state index contributed by atoms with van der Waals surface area (Å²) in [6, 6.07) is 10.6. The van der Waals surface area contributed by atoms with Crippen LogP contribution in [-0.2, 0) is 9.59 Å². The van der Waals surface area contributed by atoms with Gasteiger partial charge >= 0.3 is 0 Å². The number of rotatable bonds is 2. The van der Waals surface area contributed by atoms with Gasteiger partial charge in [0.15, 0.2) is 0 Å². The molecule has 5 heteroatoms. The molecule has 2 fully saturated rings. The maximum absolute atomic E-state index is 12.8. The molecule has 2 aliphatic rings. The Morgan fingerprint density at radius 3 is 2.29 bits per heavy atom. The molecule has 2 aliphatic heterocycles. The van der Waals surface area contributed by atoms with E-state index in [2.05, 4.69) is 29.2 Å². The van der Waals surface area contributed by atoms with Gasteiger partial charge in [0.05, 0.1) is 0 Å². The van der Waals surface area contributed by atoms with Gasteiger partial charge in [0, 0.05) is 50.0 Å². The summed E-state index contributed by atoms with van der Waals surface area (Å²) >= 11 is 1.96. The average Bonchev–Trinajstić information content (AvgIpc) is 2.88. The molecular formula is C19H26N2O2S. The van der Waals surface area contributed by atoms with E-state index in [9.17, 15) is 9.59 Å². The summed E-state index contributed by atoms with van der Waals surface area (Å²) in [6.07, 6.45) is 2.64. The second-order valence-electron chi connectivity index (χ2n) is 6.66. The number of carbonyl (C=O) groups excluding carboxylic acids is 2. The van der Waals surface area contributed by atoms with Gasteiger partial charge in [0.1, 0.15) is 0 Å². The zero-order valence-corrected chi connectivity index (χ0v) is 15.1. The first-order chi connectivity index (χ1) is 11.6. The molecule has 4 nitrogen and oxygen atoms in total. The van der Waals surface area contributed by atoms with Gasteiger partial charge in [-0.25, -0.2) is 0 Å². The molecule has 1 aromatic carbocycles. The minimum absolute atomic E-state index is 0.0962. The third-order valence-corrected chi connectivity index (χ3v) is 6.44. The molecule has 0 radical (unpaired) electrons. The topological polar surface area (TPSA) is 40.6 Å². The Hall–Kier alpha value is -1.49. The highest BCUT2D eigenvalue weighted by Gasteiger charge is 2.30. The molecule has 0 aromatic heterocycles. The summed E-state index contributed by atoms with van der Waals surface area (Å²) in [4.78, 5) is 28.2. The number of hydrogen-bond acceptors (Lipinski definition) is 3. The highest BCUT2D eigenvalue weighted by Crippen LogP contribution is 2.34. The lowest BCUT2D eigenvalue weighted by Crippen LogP contribution is -2.44. The average molecular weight is 346 g/mol. The van der Waals surface area contributed by atoms with Crippen molar-refractivity contribution in [2.24, 2.45) is 5.92 Å². The van der Waals surface area contributed by atoms with E-state index in [-0.39, 0.29) is 11.8 Å². The number of likely N-dealkylation sites (tertiary alicyclic amines) is 1. The zero-order chi connectivity index (χ0) is 16.9. The molecular weight excluding hydrogens is 320 g/mol. The van der Waals surface area contributed by atoms with Gasteiger partial charge in [-0.1, -0.05) is 30.3 Å². The molecule has 24 heavy (non-hydrogen) atoms. The molecule has 2 heterocycles. The van der Waals surface area contributed by atoms with Crippen molar-refractivity contribution in [3.8, 4) is 0 Å². The van der Waals surface area contributed by atoms with Gasteiger partial charge in [0.25, 0.3) is 0 Å². The Labute approximate surface area is 148 Å². The van der Waals surface area contributed by atoms with Crippen LogP contribution in [0.5, 0.6) is 0 Å². The van der Waals surface area contributed by atoms with Crippen molar-refractivity contribution < 1.29 is 9.59 Å². The first-order valence-corrected chi connectivity index (χ1v) is 9.91. The maximum atomic E-state index is 12.8. The van der Waals surface area contributed by atoms with Gasteiger partial charge < -0.3 is 9.80 Å². The number of amides is 2. The Kier molecular flexibility index (Phi) is 5.82. The Morgan fingerprint density at radius 2 is 1.62 bits per heavy atom. The van der Waals surface area contributed by atoms with Crippen LogP contribution in [0.1, 0.15) is 37.0 Å². The number of nitrogens with zero attached hydrogens (tertiary/aromatic N) is 2. The van der Waals surface area contributed by atoms with Crippen molar-refractivity contribution in [1.82, 2.24) is 9.80 Å². The molecule has 2 amide bonds. The molecule has 1 aromatic rings. The van der Waals surface area contributed by atoms with Gasteiger partial charge in [-0.3, -0.25) is 9.59 Å². The number of benzene rings is 1. The molecule has 2 saturated heterocycles. The lowest BCUT2D eigenvalue weighted by Gasteiger charge is -2.33. The maximum Gasteiger partial charge on any atom is 0.225 e. The predicted molar refractivity (Wildman–Crippen MR) is 97.8 cm³/mol. The van der Waals surface area contributed by atoms with E-state index in [1.807, 2.05) is 22.7 Å². The van der Waals surface area contributed by atoms with Crippen LogP contribution in [0.15, 0.2) is 30.3 Å². The summed E-state index contributed by atoms with van der Waals surface area (Å²) < 4.78 is 0. The summed E-state index contributed by atoms with van der Waals surface area (Å²) in [5.41, 5.74) is 1.37. The third-order valence-electron chi connectivity index (χ3n) is 5.11. The minimum Gasteiger partial charge on any atom is -0.343 e. The van der Waals surface area contributed by atoms with Crippen LogP contribution in [0.3, 0.4) is 0 Å². The van der Waals surface area contributed by atoms with Crippen LogP contribution < -0.4 is 0 Å². The van der Waals surface area contributed by atoms with Crippen LogP contribution in [0.25, 0.3) is 0 Å². The van der Waals surface area contributed by atoms with Crippen molar-refractivity contribution in [3.05, 3.63) is 35.9 Å². The first-order valence-electron chi connectivity index (χ1n) is 8.86. The fraction of sp³-hybridized carbons (Fsp3) is 0.579. The van der Waals surface area contributed by atoms with E-state index in [4.69, 9.17) is 0 Å². The summed E-state index contributed by atoms with van der Waals surface area (Å²) in [5, 5.41) is 0.489. The zero-order valence-electron chi connectivity index (χ0n) is 14.3. The van der Waals surface area contributed by atoms with Crippen molar-refractivity contribution in [2.45, 2.75) is 31.4 Å². The van der Waals surface area contributed by atoms with Crippen molar-refractivity contribution in [1.29, 1.82) is 0 Å². The summed E-state index contributed by atoms with van der Waals surface area (Å²) in [6.45, 7) is 4.75. The minimum atomic E-state index is 0.0962. The Morgan fingerprint density at radius 1 is 0.958 bits per heavy atom. The second-order valence-corrected chi connectivity index (χ2v) is 7.98. The quantitative estimate of drug-likeness (QED) is 0.827. The van der Waals surface area contributed by atoms with Crippen molar-refractivity contribution in [3.63, 3.8) is 0 Å². The third kappa shape index (κ3) is 4.12. The fourth-order valence-corrected chi connectivity index (χ4v) is 4.86. The van der Waals surface area contributed by atoms with E-state index >= 15 is 0 Å². The first kappa shape index (κ1) is 17.3. The standard InChI is InChI=1S/C19H26N2O2S/c1-15(22)20-10-7-17(8-11-20)19(23)21-12-9-18(24-14-13-21)16-5-3-2-4-6-16/h2-6,17-18H,7-14H2,1H3/t18-/m1/s1. The summed E-state index contributed by atoms with van der Waals surface area (Å²) in [7, 11) is 0. The van der Waals surface area contributed by atoms with Crippen LogP contribution >= 0.6 is 11.8 Å². The Balaban J connectivity index is 1.54. The van der Waals surface area contributed by atoms with Crippen LogP contribution in [0.4, 0.5) is 0 Å². The van der Waals surface area contributed by atoms with Crippen LogP contribution in [0.2, 0.25) is 0 Å². The van der Waals surface area contributed by atoms with Gasteiger partial charge in [-0.05, 0) is 24.8 Å². The van der Waals surface area contributed by atoms with E-state index in [0.717, 1.165) is 51.2 Å². The molecule has 0 aliphatic carbocycles. The molecule has 1 atom stereocenters. The number of piperidine rings is 1. The van der Waals surface area contributed by atoms with Gasteiger partial charge in [-0.15, -0.1) is 0 Å². The molecule has 3 rings (SSSR count). The molecule has 0 bridgehead atoms. The van der Waals surface area contributed by atoms with Gasteiger partial charge in [-0.2, -0.15) is 11.8 Å². The van der Waals surface area contributed by atoms with Gasteiger partial charge in [0.2, 0.25) is 11.8 Å². The molecule has 130 valence electrons. The van der Waals surface area contributed by atoms with E-state index < -0.39 is 0 Å². The lowest BCUT2D eigenvalue weighted by molar-refractivity contribution is -0.139. The lowest BCUT2D eigenvalue weighted by atomic mass is 9.95. The smallest absolute Gasteiger partial charge is 0.225 e. The van der Waals surface area contributed by atoms with E-state index in [0.29, 0.717) is 11.2 Å². The predicted octanol–water partition coefficient (Wildman–Crippen LogP) is 2.95.